The number of hydrogen-bond donors (Lipinski definition) is 3. The lowest BCUT2D eigenvalue weighted by atomic mass is 9.59. The molecule has 2 heterocycles. The van der Waals surface area contributed by atoms with Crippen LogP contribution in [-0.4, -0.2) is 34.7 Å². The predicted octanol–water partition coefficient (Wildman–Crippen LogP) is 9.55. The highest BCUT2D eigenvalue weighted by Crippen LogP contribution is 2.54. The van der Waals surface area contributed by atoms with Gasteiger partial charge in [-0.15, -0.1) is 0 Å². The van der Waals surface area contributed by atoms with Gasteiger partial charge in [0.2, 0.25) is 0 Å². The zero-order valence-corrected chi connectivity index (χ0v) is 28.3. The Kier molecular flexibility index (Phi) is 14.1. The Bertz CT molecular complexity index is 1130. The van der Waals surface area contributed by atoms with Gasteiger partial charge in [0.1, 0.15) is 6.10 Å². The van der Waals surface area contributed by atoms with E-state index in [9.17, 15) is 23.4 Å². The summed E-state index contributed by atoms with van der Waals surface area (Å²) in [4.78, 5) is 5.07. The summed E-state index contributed by atoms with van der Waals surface area (Å²) < 4.78 is 44.6. The van der Waals surface area contributed by atoms with Crippen LogP contribution in [0.25, 0.3) is 0 Å². The van der Waals surface area contributed by atoms with Crippen molar-refractivity contribution in [2.24, 2.45) is 10.8 Å². The molecule has 1 aromatic carbocycles. The highest BCUT2D eigenvalue weighted by atomic mass is 32.1. The number of rotatable bonds is 3. The number of ether oxygens (including phenoxy) is 1. The summed E-state index contributed by atoms with van der Waals surface area (Å²) in [5, 5.41) is 22.5. The Morgan fingerprint density at radius 3 is 2.02 bits per heavy atom. The first-order chi connectivity index (χ1) is 20.2. The number of fused-ring (bicyclic) bond motifs is 1. The van der Waals surface area contributed by atoms with Crippen LogP contribution in [0, 0.1) is 17.8 Å². The lowest BCUT2D eigenvalue weighted by molar-refractivity contribution is -0.137. The summed E-state index contributed by atoms with van der Waals surface area (Å²) in [5.41, 5.74) is 4.29. The third-order valence-corrected chi connectivity index (χ3v) is 9.06. The van der Waals surface area contributed by atoms with Gasteiger partial charge < -0.3 is 14.9 Å². The number of aliphatic hydroxyl groups is 2. The average Bonchev–Trinajstić information content (AvgIpc) is 2.97. The van der Waals surface area contributed by atoms with E-state index in [0.717, 1.165) is 66.8 Å². The van der Waals surface area contributed by atoms with E-state index in [0.29, 0.717) is 36.2 Å². The average molecular weight is 626 g/mol. The molecule has 2 aliphatic carbocycles. The van der Waals surface area contributed by atoms with Crippen molar-refractivity contribution in [1.29, 1.82) is 0 Å². The summed E-state index contributed by atoms with van der Waals surface area (Å²) in [6, 6.07) is 4.67. The first-order valence-electron chi connectivity index (χ1n) is 15.8. The second kappa shape index (κ2) is 16.1. The number of aliphatic hydroxyl groups excluding tert-OH is 2. The molecule has 1 aliphatic heterocycles. The van der Waals surface area contributed by atoms with Crippen LogP contribution in [-0.2, 0) is 17.3 Å². The topological polar surface area (TPSA) is 62.6 Å². The van der Waals surface area contributed by atoms with Gasteiger partial charge >= 0.3 is 6.18 Å². The molecule has 5 rings (SSSR count). The van der Waals surface area contributed by atoms with Gasteiger partial charge in [0.05, 0.1) is 17.4 Å². The quantitative estimate of drug-likeness (QED) is 0.297. The van der Waals surface area contributed by atoms with E-state index in [1.165, 1.54) is 25.0 Å². The molecule has 0 bridgehead atoms. The van der Waals surface area contributed by atoms with Gasteiger partial charge in [-0.1, -0.05) is 66.5 Å². The Balaban J connectivity index is 0.000000570. The van der Waals surface area contributed by atoms with E-state index in [1.54, 1.807) is 6.26 Å². The van der Waals surface area contributed by atoms with Gasteiger partial charge in [0.25, 0.3) is 0 Å². The fraction of sp³-hybridized carbons (Fsp3) is 0.686. The second-order valence-corrected chi connectivity index (χ2v) is 13.0. The zero-order valence-electron chi connectivity index (χ0n) is 27.4. The normalized spacial score (nSPS) is 20.2. The zero-order chi connectivity index (χ0) is 32.6. The molecule has 8 heteroatoms. The summed E-state index contributed by atoms with van der Waals surface area (Å²) >= 11 is 3.53. The number of alkyl halides is 3. The molecule has 0 radical (unpaired) electrons. The third-order valence-electron chi connectivity index (χ3n) is 9.06. The smallest absolute Gasteiger partial charge is 0.388 e. The van der Waals surface area contributed by atoms with E-state index >= 15 is 0 Å². The highest BCUT2D eigenvalue weighted by Gasteiger charge is 2.45. The second-order valence-electron chi connectivity index (χ2n) is 13.0. The van der Waals surface area contributed by atoms with E-state index in [2.05, 4.69) is 40.3 Å². The minimum Gasteiger partial charge on any atom is -0.388 e. The maximum Gasteiger partial charge on any atom is 0.416 e. The van der Waals surface area contributed by atoms with Crippen LogP contribution in [0.1, 0.15) is 144 Å². The Morgan fingerprint density at radius 1 is 1.05 bits per heavy atom. The fourth-order valence-corrected chi connectivity index (χ4v) is 6.04. The maximum atomic E-state index is 13.0. The number of hydrogen-bond acceptors (Lipinski definition) is 5. The molecule has 1 saturated carbocycles. The van der Waals surface area contributed by atoms with Crippen molar-refractivity contribution in [1.82, 2.24) is 4.98 Å². The first-order valence-corrected chi connectivity index (χ1v) is 16.7. The molecule has 43 heavy (non-hydrogen) atoms. The largest absolute Gasteiger partial charge is 0.416 e. The molecule has 2 N–H and O–H groups in total. The fourth-order valence-electron chi connectivity index (χ4n) is 6.04. The molecule has 2 fully saturated rings. The van der Waals surface area contributed by atoms with Gasteiger partial charge in [0, 0.05) is 36.0 Å². The lowest BCUT2D eigenvalue weighted by Gasteiger charge is -2.47. The summed E-state index contributed by atoms with van der Waals surface area (Å²) in [6.07, 6.45) is 3.28. The number of aromatic nitrogens is 1. The van der Waals surface area contributed by atoms with Crippen LogP contribution >= 0.6 is 12.6 Å². The Labute approximate surface area is 263 Å². The first kappa shape index (κ1) is 37.6. The summed E-state index contributed by atoms with van der Waals surface area (Å²) in [5.74, 6) is 0.109. The van der Waals surface area contributed by atoms with E-state index < -0.39 is 23.9 Å². The van der Waals surface area contributed by atoms with Crippen molar-refractivity contribution in [2.75, 3.05) is 19.5 Å². The Hall–Kier alpha value is -1.61. The van der Waals surface area contributed by atoms with Crippen molar-refractivity contribution in [3.63, 3.8) is 0 Å². The minimum atomic E-state index is -4.43. The van der Waals surface area contributed by atoms with Gasteiger partial charge in [-0.05, 0) is 85.8 Å². The van der Waals surface area contributed by atoms with Crippen molar-refractivity contribution in [3.05, 3.63) is 63.5 Å². The van der Waals surface area contributed by atoms with Gasteiger partial charge in [-0.25, -0.2) is 0 Å². The molecule has 2 atom stereocenters. The maximum absolute atomic E-state index is 13.0. The summed E-state index contributed by atoms with van der Waals surface area (Å²) in [6.45, 7) is 16.1. The standard InChI is InChI=1S/C26H30F3NO3.C6H14.C2H6.CH4S/c1-15-21-19(13-25(9-2-10-25)14-20(21)31)30-23(16-7-11-33-12-8-16)22(15)24(32)17-3-5-18(6-4-17)26(27,28)29;1-5-6(2,3)4;2*1-2/h3-6,16,20,24,31-32H,2,7-14H2,1H3;5H2,1-4H3;1-2H3;2H,1H3. The molecule has 3 aliphatic rings. The van der Waals surface area contributed by atoms with Crippen molar-refractivity contribution in [3.8, 4) is 0 Å². The number of thiol groups is 1. The molecule has 1 spiro atoms. The highest BCUT2D eigenvalue weighted by molar-refractivity contribution is 7.79. The number of benzene rings is 1. The van der Waals surface area contributed by atoms with Crippen molar-refractivity contribution in [2.45, 2.75) is 124 Å². The van der Waals surface area contributed by atoms with E-state index in [-0.39, 0.29) is 11.3 Å². The molecule has 2 aromatic rings. The molecule has 2 unspecified atom stereocenters. The summed E-state index contributed by atoms with van der Waals surface area (Å²) in [7, 11) is 0. The molecule has 1 aromatic heterocycles. The van der Waals surface area contributed by atoms with Crippen LogP contribution in [0.3, 0.4) is 0 Å². The van der Waals surface area contributed by atoms with Crippen LogP contribution in [0.4, 0.5) is 13.2 Å². The SMILES string of the molecule is CC.CCC(C)(C)C.CS.Cc1c2c(nc(C3CCOCC3)c1C(O)c1ccc(C(F)(F)F)cc1)CC1(CCC1)CC2O. The molecular formula is C35H54F3NO3S. The van der Waals surface area contributed by atoms with Crippen molar-refractivity contribution < 1.29 is 28.1 Å². The van der Waals surface area contributed by atoms with Gasteiger partial charge in [-0.2, -0.15) is 25.8 Å². The van der Waals surface area contributed by atoms with Gasteiger partial charge in [0.15, 0.2) is 0 Å². The molecule has 4 nitrogen and oxygen atoms in total. The number of pyridine rings is 1. The molecule has 1 saturated heterocycles. The third kappa shape index (κ3) is 9.44. The van der Waals surface area contributed by atoms with Crippen LogP contribution in [0.5, 0.6) is 0 Å². The number of halogens is 3. The minimum absolute atomic E-state index is 0.109. The predicted molar refractivity (Wildman–Crippen MR) is 173 cm³/mol. The molecule has 0 amide bonds. The molecular weight excluding hydrogens is 571 g/mol. The van der Waals surface area contributed by atoms with E-state index in [4.69, 9.17) is 9.72 Å². The molecule has 244 valence electrons. The van der Waals surface area contributed by atoms with Crippen LogP contribution in [0.15, 0.2) is 24.3 Å². The van der Waals surface area contributed by atoms with Crippen LogP contribution in [0.2, 0.25) is 0 Å². The van der Waals surface area contributed by atoms with Crippen molar-refractivity contribution >= 4 is 12.6 Å². The van der Waals surface area contributed by atoms with Gasteiger partial charge in [-0.3, -0.25) is 4.98 Å². The number of nitrogens with zero attached hydrogens (tertiary/aromatic N) is 1. The van der Waals surface area contributed by atoms with E-state index in [1.807, 2.05) is 20.8 Å². The lowest BCUT2D eigenvalue weighted by Crippen LogP contribution is -2.38. The monoisotopic (exact) mass is 625 g/mol. The Morgan fingerprint density at radius 2 is 1.58 bits per heavy atom. The van der Waals surface area contributed by atoms with Crippen LogP contribution < -0.4 is 0 Å².